The molecule has 202 valence electrons. The van der Waals surface area contributed by atoms with E-state index in [0.717, 1.165) is 43.6 Å². The Kier molecular flexibility index (Phi) is 6.05. The summed E-state index contributed by atoms with van der Waals surface area (Å²) in [7, 11) is 0. The molecular weight excluding hydrogens is 502 g/mol. The Morgan fingerprint density at radius 3 is 2.62 bits per heavy atom. The van der Waals surface area contributed by atoms with E-state index in [1.54, 1.807) is 22.9 Å². The van der Waals surface area contributed by atoms with Gasteiger partial charge in [-0.2, -0.15) is 0 Å². The van der Waals surface area contributed by atoms with Crippen LogP contribution in [-0.2, 0) is 11.3 Å². The number of tetrazole rings is 1. The van der Waals surface area contributed by atoms with Crippen molar-refractivity contribution in [2.45, 2.75) is 31.5 Å². The number of piperazine rings is 1. The van der Waals surface area contributed by atoms with Crippen molar-refractivity contribution in [3.8, 4) is 17.2 Å². The van der Waals surface area contributed by atoms with Gasteiger partial charge in [0.2, 0.25) is 6.79 Å². The minimum atomic E-state index is -0.457. The van der Waals surface area contributed by atoms with Gasteiger partial charge in [-0.05, 0) is 59.7 Å². The quantitative estimate of drug-likeness (QED) is 0.381. The van der Waals surface area contributed by atoms with Crippen molar-refractivity contribution in [1.29, 1.82) is 0 Å². The van der Waals surface area contributed by atoms with Crippen molar-refractivity contribution < 1.29 is 19.3 Å². The monoisotopic (exact) mass is 531 g/mol. The fourth-order valence-electron chi connectivity index (χ4n) is 5.74. The number of rotatable bonds is 6. The van der Waals surface area contributed by atoms with Gasteiger partial charge in [-0.1, -0.05) is 0 Å². The molecule has 0 amide bonds. The molecule has 2 fully saturated rings. The Hall–Kier alpha value is -4.16. The Bertz CT molecular complexity index is 1540. The SMILES string of the molecule is O=c1[nH]c2cc3c(cc2cc1[C@H](c1nnnn1C[C@@H]1CCCO1)N1CCN(c2ccc(O)cc2)CC1)OCO3. The van der Waals surface area contributed by atoms with E-state index >= 15 is 0 Å². The number of H-pyrrole nitrogens is 1. The molecule has 0 unspecified atom stereocenters. The van der Waals surface area contributed by atoms with Crippen LogP contribution in [0, 0.1) is 0 Å². The first-order valence-electron chi connectivity index (χ1n) is 13.2. The van der Waals surface area contributed by atoms with Crippen LogP contribution >= 0.6 is 0 Å². The lowest BCUT2D eigenvalue weighted by molar-refractivity contribution is 0.0906. The highest BCUT2D eigenvalue weighted by atomic mass is 16.7. The van der Waals surface area contributed by atoms with Gasteiger partial charge in [-0.25, -0.2) is 4.68 Å². The molecule has 3 aliphatic heterocycles. The van der Waals surface area contributed by atoms with Crippen LogP contribution in [0.5, 0.6) is 17.2 Å². The fraction of sp³-hybridized carbons (Fsp3) is 0.407. The fourth-order valence-corrected chi connectivity index (χ4v) is 5.74. The molecule has 5 heterocycles. The van der Waals surface area contributed by atoms with Gasteiger partial charge in [0.15, 0.2) is 17.3 Å². The van der Waals surface area contributed by atoms with Crippen molar-refractivity contribution >= 4 is 16.6 Å². The highest BCUT2D eigenvalue weighted by molar-refractivity contribution is 5.83. The molecule has 4 aromatic rings. The van der Waals surface area contributed by atoms with E-state index < -0.39 is 6.04 Å². The van der Waals surface area contributed by atoms with Gasteiger partial charge in [-0.3, -0.25) is 9.69 Å². The maximum absolute atomic E-state index is 13.6. The Morgan fingerprint density at radius 1 is 1.05 bits per heavy atom. The lowest BCUT2D eigenvalue weighted by atomic mass is 10.0. The topological polar surface area (TPSA) is 131 Å². The van der Waals surface area contributed by atoms with Crippen LogP contribution in [0.1, 0.15) is 30.3 Å². The van der Waals surface area contributed by atoms with Gasteiger partial charge in [-0.15, -0.1) is 5.10 Å². The van der Waals surface area contributed by atoms with E-state index in [2.05, 4.69) is 30.3 Å². The van der Waals surface area contributed by atoms with E-state index in [9.17, 15) is 9.90 Å². The number of aromatic nitrogens is 5. The molecule has 0 aliphatic carbocycles. The molecule has 12 nitrogen and oxygen atoms in total. The van der Waals surface area contributed by atoms with Crippen LogP contribution in [0.25, 0.3) is 10.9 Å². The number of nitrogens with zero attached hydrogens (tertiary/aromatic N) is 6. The van der Waals surface area contributed by atoms with Crippen molar-refractivity contribution in [3.05, 3.63) is 64.2 Å². The second-order valence-electron chi connectivity index (χ2n) is 10.1. The summed E-state index contributed by atoms with van der Waals surface area (Å²) in [4.78, 5) is 21.2. The number of nitrogens with one attached hydrogen (secondary N) is 1. The standard InChI is InChI=1S/C27H29N7O5/c35-19-5-3-18(4-6-19)32-7-9-33(10-8-32)25(26-29-30-31-34(26)15-20-2-1-11-37-20)21-12-17-13-23-24(39-16-38-23)14-22(17)28-27(21)36/h3-6,12-14,20,25,35H,1-2,7-11,15-16H2,(H,28,36)/t20-,25+/m0/s1. The number of phenolic OH excluding ortho intramolecular Hbond substituents is 1. The first kappa shape index (κ1) is 23.9. The minimum Gasteiger partial charge on any atom is -0.508 e. The smallest absolute Gasteiger partial charge is 0.253 e. The Labute approximate surface area is 223 Å². The van der Waals surface area contributed by atoms with Gasteiger partial charge in [0, 0.05) is 55.5 Å². The average Bonchev–Trinajstić information content (AvgIpc) is 3.72. The summed E-state index contributed by atoms with van der Waals surface area (Å²) in [5, 5.41) is 23.3. The van der Waals surface area contributed by atoms with Crippen molar-refractivity contribution in [2.75, 3.05) is 44.5 Å². The van der Waals surface area contributed by atoms with Crippen LogP contribution in [0.2, 0.25) is 0 Å². The largest absolute Gasteiger partial charge is 0.508 e. The van der Waals surface area contributed by atoms with Gasteiger partial charge < -0.3 is 29.2 Å². The lowest BCUT2D eigenvalue weighted by Crippen LogP contribution is -2.49. The minimum absolute atomic E-state index is 0.0499. The number of pyridine rings is 1. The first-order valence-corrected chi connectivity index (χ1v) is 13.2. The van der Waals surface area contributed by atoms with Crippen molar-refractivity contribution in [1.82, 2.24) is 30.1 Å². The Morgan fingerprint density at radius 2 is 1.85 bits per heavy atom. The lowest BCUT2D eigenvalue weighted by Gasteiger charge is -2.39. The summed E-state index contributed by atoms with van der Waals surface area (Å²) >= 11 is 0. The molecule has 12 heteroatoms. The third-order valence-corrected chi connectivity index (χ3v) is 7.76. The zero-order valence-electron chi connectivity index (χ0n) is 21.3. The maximum atomic E-state index is 13.6. The predicted octanol–water partition coefficient (Wildman–Crippen LogP) is 2.04. The second kappa shape index (κ2) is 9.86. The highest BCUT2D eigenvalue weighted by Gasteiger charge is 2.34. The maximum Gasteiger partial charge on any atom is 0.253 e. The molecule has 39 heavy (non-hydrogen) atoms. The molecular formula is C27H29N7O5. The van der Waals surface area contributed by atoms with E-state index in [1.807, 2.05) is 24.3 Å². The number of fused-ring (bicyclic) bond motifs is 2. The number of hydrogen-bond donors (Lipinski definition) is 2. The zero-order valence-corrected chi connectivity index (χ0v) is 21.3. The van der Waals surface area contributed by atoms with Gasteiger partial charge in [0.25, 0.3) is 5.56 Å². The van der Waals surface area contributed by atoms with Crippen LogP contribution in [0.15, 0.2) is 47.3 Å². The molecule has 0 spiro atoms. The molecule has 2 saturated heterocycles. The number of ether oxygens (including phenoxy) is 3. The summed E-state index contributed by atoms with van der Waals surface area (Å²) in [6.45, 7) is 4.32. The number of benzene rings is 2. The van der Waals surface area contributed by atoms with Crippen LogP contribution in [-0.4, -0.2) is 80.9 Å². The summed E-state index contributed by atoms with van der Waals surface area (Å²) in [5.74, 6) is 2.14. The zero-order chi connectivity index (χ0) is 26.3. The number of anilines is 1. The Balaban J connectivity index is 1.25. The van der Waals surface area contributed by atoms with Crippen LogP contribution in [0.3, 0.4) is 0 Å². The molecule has 2 aromatic carbocycles. The molecule has 2 aromatic heterocycles. The molecule has 0 bridgehead atoms. The summed E-state index contributed by atoms with van der Waals surface area (Å²) in [5.41, 5.74) is 2.11. The second-order valence-corrected chi connectivity index (χ2v) is 10.1. The molecule has 0 radical (unpaired) electrons. The van der Waals surface area contributed by atoms with E-state index in [-0.39, 0.29) is 24.2 Å². The number of aromatic hydroxyl groups is 1. The predicted molar refractivity (Wildman–Crippen MR) is 141 cm³/mol. The molecule has 3 aliphatic rings. The average molecular weight is 532 g/mol. The van der Waals surface area contributed by atoms with E-state index in [0.29, 0.717) is 48.0 Å². The molecule has 2 atom stereocenters. The summed E-state index contributed by atoms with van der Waals surface area (Å²) < 4.78 is 18.7. The van der Waals surface area contributed by atoms with Crippen molar-refractivity contribution in [3.63, 3.8) is 0 Å². The van der Waals surface area contributed by atoms with Crippen molar-refractivity contribution in [2.24, 2.45) is 0 Å². The normalized spacial score (nSPS) is 20.1. The van der Waals surface area contributed by atoms with Gasteiger partial charge in [0.1, 0.15) is 11.8 Å². The van der Waals surface area contributed by atoms with Gasteiger partial charge >= 0.3 is 0 Å². The summed E-state index contributed by atoms with van der Waals surface area (Å²) in [6, 6.07) is 12.4. The molecule has 2 N–H and O–H groups in total. The number of hydrogen-bond acceptors (Lipinski definition) is 10. The summed E-state index contributed by atoms with van der Waals surface area (Å²) in [6.07, 6.45) is 2.03. The van der Waals surface area contributed by atoms with Crippen LogP contribution in [0.4, 0.5) is 5.69 Å². The van der Waals surface area contributed by atoms with Gasteiger partial charge in [0.05, 0.1) is 18.2 Å². The van der Waals surface area contributed by atoms with E-state index in [1.165, 1.54) is 0 Å². The molecule has 7 rings (SSSR count). The highest BCUT2D eigenvalue weighted by Crippen LogP contribution is 2.36. The third-order valence-electron chi connectivity index (χ3n) is 7.76. The third kappa shape index (κ3) is 4.55. The number of aromatic amines is 1. The first-order chi connectivity index (χ1) is 19.1. The number of phenols is 1. The van der Waals surface area contributed by atoms with Crippen LogP contribution < -0.4 is 19.9 Å². The molecule has 0 saturated carbocycles. The van der Waals surface area contributed by atoms with E-state index in [4.69, 9.17) is 14.2 Å².